The maximum atomic E-state index is 13.5. The fourth-order valence-electron chi connectivity index (χ4n) is 1.38. The van der Waals surface area contributed by atoms with Crippen LogP contribution in [-0.4, -0.2) is 20.7 Å². The Balaban J connectivity index is 2.61. The second-order valence-electron chi connectivity index (χ2n) is 3.71. The predicted octanol–water partition coefficient (Wildman–Crippen LogP) is 1.53. The van der Waals surface area contributed by atoms with Gasteiger partial charge in [-0.3, -0.25) is 0 Å². The highest BCUT2D eigenvalue weighted by atomic mass is 79.9. The summed E-state index contributed by atoms with van der Waals surface area (Å²) >= 11 is 3.17. The van der Waals surface area contributed by atoms with Gasteiger partial charge in [0.2, 0.25) is 10.0 Å². The highest BCUT2D eigenvalue weighted by Crippen LogP contribution is 2.20. The van der Waals surface area contributed by atoms with Gasteiger partial charge < -0.3 is 5.32 Å². The fourth-order valence-corrected chi connectivity index (χ4v) is 2.12. The first-order valence-electron chi connectivity index (χ1n) is 4.98. The molecule has 0 saturated carbocycles. The van der Waals surface area contributed by atoms with E-state index < -0.39 is 10.0 Å². The summed E-state index contributed by atoms with van der Waals surface area (Å²) in [6.45, 7) is 1.95. The van der Waals surface area contributed by atoms with Crippen molar-refractivity contribution in [3.8, 4) is 0 Å². The van der Waals surface area contributed by atoms with E-state index in [1.54, 1.807) is 19.1 Å². The SMILES string of the molecule is CC(NCCS(N)(=O)=O)c1ccc(Br)cc1F. The van der Waals surface area contributed by atoms with Gasteiger partial charge in [0.1, 0.15) is 5.82 Å². The van der Waals surface area contributed by atoms with Gasteiger partial charge in [0.25, 0.3) is 0 Å². The van der Waals surface area contributed by atoms with Crippen LogP contribution in [0.1, 0.15) is 18.5 Å². The molecule has 0 heterocycles. The van der Waals surface area contributed by atoms with Crippen molar-refractivity contribution in [2.45, 2.75) is 13.0 Å². The smallest absolute Gasteiger partial charge is 0.210 e. The second kappa shape index (κ2) is 5.90. The summed E-state index contributed by atoms with van der Waals surface area (Å²) in [6.07, 6.45) is 0. The summed E-state index contributed by atoms with van der Waals surface area (Å²) in [4.78, 5) is 0. The van der Waals surface area contributed by atoms with E-state index >= 15 is 0 Å². The van der Waals surface area contributed by atoms with Gasteiger partial charge in [-0.1, -0.05) is 22.0 Å². The number of halogens is 2. The van der Waals surface area contributed by atoms with E-state index in [0.29, 0.717) is 10.0 Å². The summed E-state index contributed by atoms with van der Waals surface area (Å²) < 4.78 is 35.6. The Morgan fingerprint density at radius 2 is 2.18 bits per heavy atom. The van der Waals surface area contributed by atoms with Gasteiger partial charge in [-0.05, 0) is 19.1 Å². The normalized spacial score (nSPS) is 13.6. The molecule has 0 radical (unpaired) electrons. The maximum Gasteiger partial charge on any atom is 0.210 e. The molecule has 7 heteroatoms. The van der Waals surface area contributed by atoms with Crippen molar-refractivity contribution in [1.29, 1.82) is 0 Å². The van der Waals surface area contributed by atoms with E-state index in [9.17, 15) is 12.8 Å². The van der Waals surface area contributed by atoms with E-state index in [1.807, 2.05) is 0 Å². The molecule has 0 aromatic heterocycles. The van der Waals surface area contributed by atoms with Crippen LogP contribution >= 0.6 is 15.9 Å². The van der Waals surface area contributed by atoms with Crippen molar-refractivity contribution in [2.75, 3.05) is 12.3 Å². The Morgan fingerprint density at radius 3 is 2.71 bits per heavy atom. The Kier molecular flexibility index (Phi) is 5.05. The third-order valence-electron chi connectivity index (χ3n) is 2.27. The van der Waals surface area contributed by atoms with Gasteiger partial charge >= 0.3 is 0 Å². The summed E-state index contributed by atoms with van der Waals surface area (Å²) in [6, 6.07) is 4.47. The molecule has 4 nitrogen and oxygen atoms in total. The quantitative estimate of drug-likeness (QED) is 0.862. The number of primary sulfonamides is 1. The number of hydrogen-bond acceptors (Lipinski definition) is 3. The molecule has 1 aromatic carbocycles. The molecule has 1 atom stereocenters. The van der Waals surface area contributed by atoms with Crippen LogP contribution in [-0.2, 0) is 10.0 Å². The van der Waals surface area contributed by atoms with E-state index in [4.69, 9.17) is 5.14 Å². The minimum Gasteiger partial charge on any atom is -0.309 e. The van der Waals surface area contributed by atoms with E-state index in [2.05, 4.69) is 21.2 Å². The molecule has 0 saturated heterocycles. The topological polar surface area (TPSA) is 72.2 Å². The van der Waals surface area contributed by atoms with Crippen LogP contribution in [0.15, 0.2) is 22.7 Å². The standard InChI is InChI=1S/C10H14BrFN2O2S/c1-7(14-4-5-17(13,15)16)9-3-2-8(11)6-10(9)12/h2-3,6-7,14H,4-5H2,1H3,(H2,13,15,16). The molecule has 1 rings (SSSR count). The molecule has 96 valence electrons. The number of sulfonamides is 1. The van der Waals surface area contributed by atoms with Crippen LogP contribution in [0.5, 0.6) is 0 Å². The molecule has 0 aliphatic heterocycles. The first-order chi connectivity index (χ1) is 7.79. The van der Waals surface area contributed by atoms with Crippen molar-refractivity contribution in [2.24, 2.45) is 5.14 Å². The number of rotatable bonds is 5. The Hall–Kier alpha value is -0.500. The van der Waals surface area contributed by atoms with Gasteiger partial charge in [-0.15, -0.1) is 0 Å². The number of hydrogen-bond donors (Lipinski definition) is 2. The minimum absolute atomic E-state index is 0.171. The first kappa shape index (κ1) is 14.6. The summed E-state index contributed by atoms with van der Waals surface area (Å²) in [5, 5.41) is 7.76. The average molecular weight is 325 g/mol. The molecule has 0 aliphatic rings. The number of benzene rings is 1. The Morgan fingerprint density at radius 1 is 1.53 bits per heavy atom. The fraction of sp³-hybridized carbons (Fsp3) is 0.400. The Bertz CT molecular complexity index is 493. The van der Waals surface area contributed by atoms with Gasteiger partial charge in [0.05, 0.1) is 5.75 Å². The zero-order valence-electron chi connectivity index (χ0n) is 9.28. The summed E-state index contributed by atoms with van der Waals surface area (Å²) in [5.74, 6) is -0.509. The highest BCUT2D eigenvalue weighted by molar-refractivity contribution is 9.10. The molecule has 1 aromatic rings. The summed E-state index contributed by atoms with van der Waals surface area (Å²) in [5.41, 5.74) is 0.489. The van der Waals surface area contributed by atoms with Gasteiger partial charge in [-0.25, -0.2) is 17.9 Å². The molecule has 0 spiro atoms. The second-order valence-corrected chi connectivity index (χ2v) is 6.36. The van der Waals surface area contributed by atoms with Crippen molar-refractivity contribution >= 4 is 26.0 Å². The maximum absolute atomic E-state index is 13.5. The third-order valence-corrected chi connectivity index (χ3v) is 3.53. The van der Waals surface area contributed by atoms with Gasteiger partial charge in [-0.2, -0.15) is 0 Å². The van der Waals surface area contributed by atoms with Crippen LogP contribution in [0.3, 0.4) is 0 Å². The molecule has 0 aliphatic carbocycles. The molecule has 0 fully saturated rings. The molecule has 0 amide bonds. The largest absolute Gasteiger partial charge is 0.309 e. The van der Waals surface area contributed by atoms with E-state index in [0.717, 1.165) is 0 Å². The highest BCUT2D eigenvalue weighted by Gasteiger charge is 2.11. The van der Waals surface area contributed by atoms with Crippen molar-refractivity contribution in [3.05, 3.63) is 34.1 Å². The summed E-state index contributed by atoms with van der Waals surface area (Å²) in [7, 11) is -3.48. The van der Waals surface area contributed by atoms with E-state index in [1.165, 1.54) is 6.07 Å². The number of nitrogens with two attached hydrogens (primary N) is 1. The lowest BCUT2D eigenvalue weighted by atomic mass is 10.1. The average Bonchev–Trinajstić information content (AvgIpc) is 2.15. The van der Waals surface area contributed by atoms with Crippen LogP contribution < -0.4 is 10.5 Å². The van der Waals surface area contributed by atoms with Crippen molar-refractivity contribution in [1.82, 2.24) is 5.32 Å². The molecule has 17 heavy (non-hydrogen) atoms. The van der Waals surface area contributed by atoms with Crippen LogP contribution in [0.4, 0.5) is 4.39 Å². The first-order valence-corrected chi connectivity index (χ1v) is 7.49. The predicted molar refractivity (Wildman–Crippen MR) is 68.5 cm³/mol. The van der Waals surface area contributed by atoms with Gasteiger partial charge in [0, 0.05) is 22.6 Å². The van der Waals surface area contributed by atoms with Crippen LogP contribution in [0.2, 0.25) is 0 Å². The van der Waals surface area contributed by atoms with Crippen molar-refractivity contribution < 1.29 is 12.8 Å². The lowest BCUT2D eigenvalue weighted by Crippen LogP contribution is -2.29. The zero-order valence-corrected chi connectivity index (χ0v) is 11.7. The number of nitrogens with one attached hydrogen (secondary N) is 1. The lowest BCUT2D eigenvalue weighted by Gasteiger charge is -2.14. The Labute approximate surface area is 109 Å². The monoisotopic (exact) mass is 324 g/mol. The molecular weight excluding hydrogens is 311 g/mol. The molecule has 1 unspecified atom stereocenters. The van der Waals surface area contributed by atoms with E-state index in [-0.39, 0.29) is 24.2 Å². The van der Waals surface area contributed by atoms with Crippen LogP contribution in [0.25, 0.3) is 0 Å². The third kappa shape index (κ3) is 5.12. The molecular formula is C10H14BrFN2O2S. The van der Waals surface area contributed by atoms with Crippen LogP contribution in [0, 0.1) is 5.82 Å². The van der Waals surface area contributed by atoms with Crippen molar-refractivity contribution in [3.63, 3.8) is 0 Å². The zero-order chi connectivity index (χ0) is 13.1. The minimum atomic E-state index is -3.48. The van der Waals surface area contributed by atoms with Gasteiger partial charge in [0.15, 0.2) is 0 Å². The lowest BCUT2D eigenvalue weighted by molar-refractivity contribution is 0.536. The molecule has 0 bridgehead atoms. The molecule has 3 N–H and O–H groups in total.